The Morgan fingerprint density at radius 3 is 2.58 bits per heavy atom. The van der Waals surface area contributed by atoms with Gasteiger partial charge in [0.2, 0.25) is 5.88 Å². The van der Waals surface area contributed by atoms with Crippen LogP contribution in [-0.4, -0.2) is 12.1 Å². The monoisotopic (exact) mass is 295 g/mol. The molecule has 0 atom stereocenters. The molecule has 0 saturated heterocycles. The standard InChI is InChI=1S/C8H10BrNO.BrH/c1-6-7(5-9)3-4-8(10-6)11-2;/h3-4H,5H2,1-2H3;1H. The van der Waals surface area contributed by atoms with E-state index in [1.807, 2.05) is 19.1 Å². The highest BCUT2D eigenvalue weighted by Gasteiger charge is 1.98. The first kappa shape index (κ1) is 11.9. The number of methoxy groups -OCH3 is 1. The number of hydrogen-bond donors (Lipinski definition) is 0. The maximum atomic E-state index is 4.97. The minimum Gasteiger partial charge on any atom is -0.481 e. The summed E-state index contributed by atoms with van der Waals surface area (Å²) in [7, 11) is 1.62. The van der Waals surface area contributed by atoms with E-state index < -0.39 is 0 Å². The van der Waals surface area contributed by atoms with Crippen LogP contribution in [-0.2, 0) is 5.33 Å². The van der Waals surface area contributed by atoms with E-state index in [4.69, 9.17) is 4.74 Å². The Morgan fingerprint density at radius 1 is 1.50 bits per heavy atom. The zero-order valence-corrected chi connectivity index (χ0v) is 10.3. The molecule has 1 rings (SSSR count). The fourth-order valence-electron chi connectivity index (χ4n) is 0.822. The van der Waals surface area contributed by atoms with Gasteiger partial charge in [-0.1, -0.05) is 22.0 Å². The first-order valence-electron chi connectivity index (χ1n) is 3.34. The third-order valence-electron chi connectivity index (χ3n) is 1.52. The van der Waals surface area contributed by atoms with Crippen LogP contribution in [0, 0.1) is 6.92 Å². The molecular formula is C8H11Br2NO. The predicted molar refractivity (Wildman–Crippen MR) is 58.5 cm³/mol. The first-order valence-corrected chi connectivity index (χ1v) is 4.46. The van der Waals surface area contributed by atoms with Gasteiger partial charge in [-0.05, 0) is 12.5 Å². The lowest BCUT2D eigenvalue weighted by atomic mass is 10.2. The number of halogens is 2. The van der Waals surface area contributed by atoms with Gasteiger partial charge in [-0.25, -0.2) is 4.98 Å². The van der Waals surface area contributed by atoms with Crippen molar-refractivity contribution in [2.45, 2.75) is 12.3 Å². The van der Waals surface area contributed by atoms with Crippen molar-refractivity contribution >= 4 is 32.9 Å². The summed E-state index contributed by atoms with van der Waals surface area (Å²) < 4.78 is 4.97. The molecule has 0 saturated carbocycles. The molecule has 0 unspecified atom stereocenters. The zero-order valence-electron chi connectivity index (χ0n) is 7.00. The van der Waals surface area contributed by atoms with Crippen LogP contribution in [0.4, 0.5) is 0 Å². The molecular weight excluding hydrogens is 286 g/mol. The molecule has 12 heavy (non-hydrogen) atoms. The van der Waals surface area contributed by atoms with E-state index in [1.165, 1.54) is 5.56 Å². The molecule has 2 nitrogen and oxygen atoms in total. The van der Waals surface area contributed by atoms with E-state index >= 15 is 0 Å². The molecule has 68 valence electrons. The second-order valence-electron chi connectivity index (χ2n) is 2.23. The molecule has 0 aliphatic rings. The van der Waals surface area contributed by atoms with E-state index in [1.54, 1.807) is 7.11 Å². The second kappa shape index (κ2) is 5.54. The van der Waals surface area contributed by atoms with Gasteiger partial charge in [0.25, 0.3) is 0 Å². The second-order valence-corrected chi connectivity index (χ2v) is 2.79. The van der Waals surface area contributed by atoms with Crippen LogP contribution in [0.15, 0.2) is 12.1 Å². The summed E-state index contributed by atoms with van der Waals surface area (Å²) in [4.78, 5) is 4.21. The summed E-state index contributed by atoms with van der Waals surface area (Å²) in [5.41, 5.74) is 2.21. The minimum absolute atomic E-state index is 0. The van der Waals surface area contributed by atoms with Crippen LogP contribution < -0.4 is 4.74 Å². The lowest BCUT2D eigenvalue weighted by molar-refractivity contribution is 0.396. The summed E-state index contributed by atoms with van der Waals surface area (Å²) in [6, 6.07) is 3.87. The Balaban J connectivity index is 0.00000121. The summed E-state index contributed by atoms with van der Waals surface area (Å²) >= 11 is 3.37. The van der Waals surface area contributed by atoms with E-state index in [2.05, 4.69) is 20.9 Å². The van der Waals surface area contributed by atoms with Crippen LogP contribution >= 0.6 is 32.9 Å². The first-order chi connectivity index (χ1) is 5.27. The largest absolute Gasteiger partial charge is 0.481 e. The molecule has 0 fully saturated rings. The molecule has 0 aliphatic carbocycles. The van der Waals surface area contributed by atoms with Gasteiger partial charge in [-0.3, -0.25) is 0 Å². The topological polar surface area (TPSA) is 22.1 Å². The molecule has 1 aromatic heterocycles. The molecule has 0 radical (unpaired) electrons. The Labute approximate surface area is 91.2 Å². The molecule has 0 aromatic carbocycles. The van der Waals surface area contributed by atoms with Crippen LogP contribution in [0.5, 0.6) is 5.88 Å². The lowest BCUT2D eigenvalue weighted by Gasteiger charge is -2.02. The summed E-state index contributed by atoms with van der Waals surface area (Å²) in [5, 5.41) is 0.843. The van der Waals surface area contributed by atoms with Crippen LogP contribution in [0.25, 0.3) is 0 Å². The van der Waals surface area contributed by atoms with Crippen molar-refractivity contribution in [3.63, 3.8) is 0 Å². The van der Waals surface area contributed by atoms with Crippen LogP contribution in [0.3, 0.4) is 0 Å². The van der Waals surface area contributed by atoms with E-state index in [0.717, 1.165) is 11.0 Å². The average Bonchev–Trinajstić information content (AvgIpc) is 2.04. The van der Waals surface area contributed by atoms with Crippen molar-refractivity contribution < 1.29 is 4.74 Å². The molecule has 1 heterocycles. The zero-order chi connectivity index (χ0) is 8.27. The van der Waals surface area contributed by atoms with Gasteiger partial charge in [0.05, 0.1) is 7.11 Å². The van der Waals surface area contributed by atoms with Gasteiger partial charge in [0.15, 0.2) is 0 Å². The lowest BCUT2D eigenvalue weighted by Crippen LogP contribution is -1.92. The van der Waals surface area contributed by atoms with Gasteiger partial charge >= 0.3 is 0 Å². The third-order valence-corrected chi connectivity index (χ3v) is 2.13. The van der Waals surface area contributed by atoms with Gasteiger partial charge in [0.1, 0.15) is 0 Å². The van der Waals surface area contributed by atoms with Crippen molar-refractivity contribution in [1.29, 1.82) is 0 Å². The molecule has 0 bridgehead atoms. The number of ether oxygens (including phenoxy) is 1. The van der Waals surface area contributed by atoms with Crippen LogP contribution in [0.2, 0.25) is 0 Å². The molecule has 0 N–H and O–H groups in total. The quantitative estimate of drug-likeness (QED) is 0.783. The number of nitrogens with zero attached hydrogens (tertiary/aromatic N) is 1. The SMILES string of the molecule is Br.COc1ccc(CBr)c(C)n1. The number of rotatable bonds is 2. The molecule has 0 aliphatic heterocycles. The normalized spacial score (nSPS) is 8.92. The van der Waals surface area contributed by atoms with Crippen molar-refractivity contribution in [2.24, 2.45) is 0 Å². The fraction of sp³-hybridized carbons (Fsp3) is 0.375. The van der Waals surface area contributed by atoms with E-state index in [0.29, 0.717) is 5.88 Å². The highest BCUT2D eigenvalue weighted by molar-refractivity contribution is 9.08. The number of alkyl halides is 1. The van der Waals surface area contributed by atoms with E-state index in [-0.39, 0.29) is 17.0 Å². The van der Waals surface area contributed by atoms with Gasteiger partial charge in [-0.2, -0.15) is 0 Å². The van der Waals surface area contributed by atoms with Crippen molar-refractivity contribution in [2.75, 3.05) is 7.11 Å². The van der Waals surface area contributed by atoms with Gasteiger partial charge in [0, 0.05) is 17.1 Å². The molecule has 0 spiro atoms. The van der Waals surface area contributed by atoms with Gasteiger partial charge < -0.3 is 4.74 Å². The molecule has 4 heteroatoms. The smallest absolute Gasteiger partial charge is 0.213 e. The Kier molecular flexibility index (Phi) is 5.50. The fourth-order valence-corrected chi connectivity index (χ4v) is 1.41. The number of hydrogen-bond acceptors (Lipinski definition) is 2. The maximum absolute atomic E-state index is 4.97. The third kappa shape index (κ3) is 2.75. The summed E-state index contributed by atoms with van der Waals surface area (Å²) in [5.74, 6) is 0.673. The minimum atomic E-state index is 0. The predicted octanol–water partition coefficient (Wildman–Crippen LogP) is 2.87. The van der Waals surface area contributed by atoms with Gasteiger partial charge in [-0.15, -0.1) is 17.0 Å². The van der Waals surface area contributed by atoms with Crippen molar-refractivity contribution in [3.05, 3.63) is 23.4 Å². The highest BCUT2D eigenvalue weighted by atomic mass is 79.9. The van der Waals surface area contributed by atoms with Crippen molar-refractivity contribution in [3.8, 4) is 5.88 Å². The maximum Gasteiger partial charge on any atom is 0.213 e. The molecule has 0 amide bonds. The van der Waals surface area contributed by atoms with Crippen LogP contribution in [0.1, 0.15) is 11.3 Å². The Hall–Kier alpha value is -0.0900. The van der Waals surface area contributed by atoms with Crippen molar-refractivity contribution in [1.82, 2.24) is 4.98 Å². The number of aryl methyl sites for hydroxylation is 1. The molecule has 1 aromatic rings. The highest BCUT2D eigenvalue weighted by Crippen LogP contribution is 2.13. The Bertz CT molecular complexity index is 253. The summed E-state index contributed by atoms with van der Waals surface area (Å²) in [6.07, 6.45) is 0. The van der Waals surface area contributed by atoms with E-state index in [9.17, 15) is 0 Å². The number of aromatic nitrogens is 1. The summed E-state index contributed by atoms with van der Waals surface area (Å²) in [6.45, 7) is 1.97. The average molecular weight is 297 g/mol. The Morgan fingerprint density at radius 2 is 2.17 bits per heavy atom. The number of pyridine rings is 1.